The van der Waals surface area contributed by atoms with Gasteiger partial charge in [0.05, 0.1) is 35.2 Å². The lowest BCUT2D eigenvalue weighted by Gasteiger charge is -2.00. The van der Waals surface area contributed by atoms with E-state index in [9.17, 15) is 0 Å². The number of benzene rings is 2. The molecule has 0 atom stereocenters. The van der Waals surface area contributed by atoms with Gasteiger partial charge in [0.2, 0.25) is 0 Å². The number of aromatic nitrogens is 7. The van der Waals surface area contributed by atoms with Gasteiger partial charge < -0.3 is 0 Å². The number of pyridine rings is 1. The van der Waals surface area contributed by atoms with Crippen molar-refractivity contribution in [2.75, 3.05) is 0 Å². The van der Waals surface area contributed by atoms with Crippen molar-refractivity contribution < 1.29 is 0 Å². The van der Waals surface area contributed by atoms with Crippen LogP contribution in [-0.2, 0) is 0 Å². The summed E-state index contributed by atoms with van der Waals surface area (Å²) < 4.78 is 3.46. The average molecular weight is 365 g/mol. The lowest BCUT2D eigenvalue weighted by molar-refractivity contribution is 0.803. The third kappa shape index (κ3) is 3.05. The van der Waals surface area contributed by atoms with Gasteiger partial charge in [0.25, 0.3) is 0 Å². The van der Waals surface area contributed by atoms with Crippen LogP contribution in [0.15, 0.2) is 91.3 Å². The highest BCUT2D eigenvalue weighted by Gasteiger charge is 2.11. The standard InChI is InChI=1S/C21H15N7/c1-3-8-16(9-4-1)27-14-20(23-25-27)18-12-7-13-19(22-18)21-15-28(26-24-21)17-10-5-2-6-11-17/h1-15H. The molecular formula is C21H15N7. The van der Waals surface area contributed by atoms with Gasteiger partial charge in [-0.2, -0.15) is 0 Å². The molecule has 0 amide bonds. The Morgan fingerprint density at radius 1 is 0.464 bits per heavy atom. The first kappa shape index (κ1) is 16.1. The van der Waals surface area contributed by atoms with Gasteiger partial charge in [-0.05, 0) is 36.4 Å². The topological polar surface area (TPSA) is 74.3 Å². The maximum atomic E-state index is 4.70. The molecule has 3 aromatic heterocycles. The van der Waals surface area contributed by atoms with Crippen molar-refractivity contribution in [1.82, 2.24) is 35.0 Å². The molecule has 0 bridgehead atoms. The predicted octanol–water partition coefficient (Wildman–Crippen LogP) is 3.58. The van der Waals surface area contributed by atoms with E-state index in [1.807, 2.05) is 91.3 Å². The molecule has 134 valence electrons. The minimum absolute atomic E-state index is 0.696. The second kappa shape index (κ2) is 6.88. The maximum absolute atomic E-state index is 4.70. The van der Waals surface area contributed by atoms with Gasteiger partial charge in [-0.25, -0.2) is 14.3 Å². The molecule has 28 heavy (non-hydrogen) atoms. The molecule has 5 rings (SSSR count). The molecule has 0 aliphatic heterocycles. The van der Waals surface area contributed by atoms with Crippen LogP contribution in [0.4, 0.5) is 0 Å². The monoisotopic (exact) mass is 365 g/mol. The van der Waals surface area contributed by atoms with Crippen LogP contribution in [0.3, 0.4) is 0 Å². The highest BCUT2D eigenvalue weighted by molar-refractivity contribution is 5.61. The van der Waals surface area contributed by atoms with Gasteiger partial charge in [0, 0.05) is 0 Å². The van der Waals surface area contributed by atoms with Gasteiger partial charge in [0.1, 0.15) is 11.4 Å². The van der Waals surface area contributed by atoms with E-state index in [4.69, 9.17) is 4.98 Å². The second-order valence-electron chi connectivity index (χ2n) is 6.18. The third-order valence-corrected chi connectivity index (χ3v) is 4.30. The van der Waals surface area contributed by atoms with Gasteiger partial charge >= 0.3 is 0 Å². The van der Waals surface area contributed by atoms with Gasteiger partial charge in [-0.3, -0.25) is 0 Å². The summed E-state index contributed by atoms with van der Waals surface area (Å²) in [7, 11) is 0. The lowest BCUT2D eigenvalue weighted by Crippen LogP contribution is -1.93. The zero-order chi connectivity index (χ0) is 18.8. The van der Waals surface area contributed by atoms with Crippen molar-refractivity contribution in [2.45, 2.75) is 0 Å². The van der Waals surface area contributed by atoms with Crippen molar-refractivity contribution in [3.63, 3.8) is 0 Å². The number of hydrogen-bond acceptors (Lipinski definition) is 5. The van der Waals surface area contributed by atoms with E-state index >= 15 is 0 Å². The Hall–Kier alpha value is -4.13. The van der Waals surface area contributed by atoms with Crippen molar-refractivity contribution in [3.8, 4) is 34.2 Å². The largest absolute Gasteiger partial charge is 0.244 e. The summed E-state index contributed by atoms with van der Waals surface area (Å²) in [6.07, 6.45) is 3.73. The first-order chi connectivity index (χ1) is 13.9. The van der Waals surface area contributed by atoms with E-state index in [1.54, 1.807) is 9.36 Å². The molecule has 3 heterocycles. The molecular weight excluding hydrogens is 350 g/mol. The highest BCUT2D eigenvalue weighted by Crippen LogP contribution is 2.21. The van der Waals surface area contributed by atoms with Gasteiger partial charge in [-0.1, -0.05) is 52.9 Å². The summed E-state index contributed by atoms with van der Waals surface area (Å²) in [4.78, 5) is 4.70. The van der Waals surface area contributed by atoms with Crippen LogP contribution in [0.1, 0.15) is 0 Å². The molecule has 0 saturated heterocycles. The summed E-state index contributed by atoms with van der Waals surface area (Å²) in [6, 6.07) is 25.4. The van der Waals surface area contributed by atoms with Crippen LogP contribution < -0.4 is 0 Å². The van der Waals surface area contributed by atoms with E-state index in [2.05, 4.69) is 20.6 Å². The Morgan fingerprint density at radius 3 is 1.39 bits per heavy atom. The Kier molecular flexibility index (Phi) is 3.95. The minimum Gasteiger partial charge on any atom is -0.244 e. The molecule has 7 heteroatoms. The smallest absolute Gasteiger partial charge is 0.131 e. The summed E-state index contributed by atoms with van der Waals surface area (Å²) in [5.41, 5.74) is 4.75. The van der Waals surface area contributed by atoms with Crippen LogP contribution in [0.25, 0.3) is 34.2 Å². The molecule has 5 aromatic rings. The van der Waals surface area contributed by atoms with E-state index in [0.29, 0.717) is 11.4 Å². The molecule has 0 N–H and O–H groups in total. The molecule has 0 radical (unpaired) electrons. The quantitative estimate of drug-likeness (QED) is 0.487. The van der Waals surface area contributed by atoms with Crippen LogP contribution in [0, 0.1) is 0 Å². The Bertz CT molecular complexity index is 1120. The van der Waals surface area contributed by atoms with E-state index in [1.165, 1.54) is 0 Å². The molecule has 0 aliphatic carbocycles. The Morgan fingerprint density at radius 2 is 0.929 bits per heavy atom. The number of hydrogen-bond donors (Lipinski definition) is 0. The van der Waals surface area contributed by atoms with Crippen LogP contribution in [0.5, 0.6) is 0 Å². The van der Waals surface area contributed by atoms with E-state index in [0.717, 1.165) is 22.8 Å². The van der Waals surface area contributed by atoms with Crippen LogP contribution in [-0.4, -0.2) is 35.0 Å². The zero-order valence-corrected chi connectivity index (χ0v) is 14.8. The zero-order valence-electron chi connectivity index (χ0n) is 14.8. The second-order valence-corrected chi connectivity index (χ2v) is 6.18. The summed E-state index contributed by atoms with van der Waals surface area (Å²) in [5, 5.41) is 16.9. The normalized spacial score (nSPS) is 10.9. The van der Waals surface area contributed by atoms with Crippen molar-refractivity contribution in [2.24, 2.45) is 0 Å². The molecule has 7 nitrogen and oxygen atoms in total. The fourth-order valence-electron chi connectivity index (χ4n) is 2.90. The minimum atomic E-state index is 0.696. The molecule has 2 aromatic carbocycles. The molecule has 0 spiro atoms. The number of para-hydroxylation sites is 2. The summed E-state index contributed by atoms with van der Waals surface area (Å²) in [5.74, 6) is 0. The molecule has 0 aliphatic rings. The van der Waals surface area contributed by atoms with Crippen molar-refractivity contribution in [3.05, 3.63) is 91.3 Å². The SMILES string of the molecule is c1ccc(-n2cc(-c3cccc(-c4cn(-c5ccccc5)nn4)n3)nn2)cc1. The summed E-state index contributed by atoms with van der Waals surface area (Å²) >= 11 is 0. The Balaban J connectivity index is 1.46. The maximum Gasteiger partial charge on any atom is 0.131 e. The highest BCUT2D eigenvalue weighted by atomic mass is 15.4. The summed E-state index contributed by atoms with van der Waals surface area (Å²) in [6.45, 7) is 0. The predicted molar refractivity (Wildman–Crippen MR) is 105 cm³/mol. The van der Waals surface area contributed by atoms with Crippen molar-refractivity contribution >= 4 is 0 Å². The lowest BCUT2D eigenvalue weighted by atomic mass is 10.2. The Labute approximate surface area is 160 Å². The number of nitrogens with zero attached hydrogens (tertiary/aromatic N) is 7. The average Bonchev–Trinajstić information content (AvgIpc) is 3.46. The first-order valence-electron chi connectivity index (χ1n) is 8.80. The van der Waals surface area contributed by atoms with E-state index < -0.39 is 0 Å². The van der Waals surface area contributed by atoms with E-state index in [-0.39, 0.29) is 0 Å². The van der Waals surface area contributed by atoms with Crippen LogP contribution >= 0.6 is 0 Å². The first-order valence-corrected chi connectivity index (χ1v) is 8.80. The molecule has 0 saturated carbocycles. The number of rotatable bonds is 4. The fraction of sp³-hybridized carbons (Fsp3) is 0. The van der Waals surface area contributed by atoms with Gasteiger partial charge in [0.15, 0.2) is 0 Å². The molecule has 0 fully saturated rings. The van der Waals surface area contributed by atoms with Gasteiger partial charge in [-0.15, -0.1) is 10.2 Å². The third-order valence-electron chi connectivity index (χ3n) is 4.30. The van der Waals surface area contributed by atoms with Crippen LogP contribution in [0.2, 0.25) is 0 Å². The molecule has 0 unspecified atom stereocenters. The fourth-order valence-corrected chi connectivity index (χ4v) is 2.90. The van der Waals surface area contributed by atoms with Crippen molar-refractivity contribution in [1.29, 1.82) is 0 Å².